The van der Waals surface area contributed by atoms with Crippen molar-refractivity contribution < 1.29 is 9.53 Å². The van der Waals surface area contributed by atoms with Crippen LogP contribution in [-0.4, -0.2) is 12.5 Å². The van der Waals surface area contributed by atoms with Crippen LogP contribution in [0.25, 0.3) is 0 Å². The highest BCUT2D eigenvalue weighted by Crippen LogP contribution is 2.37. The molecule has 4 nitrogen and oxygen atoms in total. The zero-order valence-corrected chi connectivity index (χ0v) is 14.6. The van der Waals surface area contributed by atoms with Crippen molar-refractivity contribution in [3.05, 3.63) is 25.6 Å². The Kier molecular flexibility index (Phi) is 5.64. The maximum atomic E-state index is 11.5. The third kappa shape index (κ3) is 3.94. The number of nitrogens with two attached hydrogens (primary N) is 1. The lowest BCUT2D eigenvalue weighted by molar-refractivity contribution is -0.130. The number of ether oxygens (including phenoxy) is 1. The van der Waals surface area contributed by atoms with Crippen LogP contribution in [0.3, 0.4) is 0 Å². The molecule has 18 heavy (non-hydrogen) atoms. The average molecular weight is 445 g/mol. The van der Waals surface area contributed by atoms with Crippen molar-refractivity contribution in [2.75, 3.05) is 6.61 Å². The van der Waals surface area contributed by atoms with Gasteiger partial charge >= 0.3 is 0 Å². The van der Waals surface area contributed by atoms with Crippen LogP contribution in [0, 0.1) is 5.41 Å². The van der Waals surface area contributed by atoms with Crippen LogP contribution in [0.1, 0.15) is 13.8 Å². The summed E-state index contributed by atoms with van der Waals surface area (Å²) >= 11 is 10.2. The number of amides is 1. The summed E-state index contributed by atoms with van der Waals surface area (Å²) in [5.41, 5.74) is 1.42. The molecule has 1 aromatic rings. The van der Waals surface area contributed by atoms with Crippen LogP contribution < -0.4 is 16.0 Å². The number of nitrogens with one attached hydrogen (secondary N) is 1. The molecular formula is C11H13Br3N2O2. The lowest BCUT2D eigenvalue weighted by Gasteiger charge is -2.23. The minimum atomic E-state index is -0.708. The quantitative estimate of drug-likeness (QED) is 0.425. The largest absolute Gasteiger partial charge is 0.490 e. The van der Waals surface area contributed by atoms with E-state index in [1.54, 1.807) is 13.8 Å². The second kappa shape index (κ2) is 6.36. The van der Waals surface area contributed by atoms with Gasteiger partial charge in [-0.25, -0.2) is 5.84 Å². The molecule has 0 atom stereocenters. The van der Waals surface area contributed by atoms with Gasteiger partial charge in [-0.3, -0.25) is 10.2 Å². The van der Waals surface area contributed by atoms with E-state index in [0.29, 0.717) is 5.75 Å². The normalized spacial score (nSPS) is 11.2. The van der Waals surface area contributed by atoms with Gasteiger partial charge in [-0.2, -0.15) is 0 Å². The molecule has 3 N–H and O–H groups in total. The third-order valence-electron chi connectivity index (χ3n) is 2.29. The Morgan fingerprint density at radius 3 is 2.28 bits per heavy atom. The summed E-state index contributed by atoms with van der Waals surface area (Å²) in [4.78, 5) is 11.5. The number of hydrogen-bond donors (Lipinski definition) is 2. The Morgan fingerprint density at radius 2 is 1.83 bits per heavy atom. The molecule has 0 saturated carbocycles. The van der Waals surface area contributed by atoms with E-state index in [-0.39, 0.29) is 12.5 Å². The van der Waals surface area contributed by atoms with E-state index in [1.807, 2.05) is 12.1 Å². The van der Waals surface area contributed by atoms with Gasteiger partial charge in [0.2, 0.25) is 5.91 Å². The van der Waals surface area contributed by atoms with Crippen molar-refractivity contribution in [3.63, 3.8) is 0 Å². The van der Waals surface area contributed by atoms with Gasteiger partial charge in [0, 0.05) is 4.47 Å². The fraction of sp³-hybridized carbons (Fsp3) is 0.364. The number of carbonyl (C=O) groups is 1. The van der Waals surface area contributed by atoms with E-state index < -0.39 is 5.41 Å². The molecular weight excluding hydrogens is 432 g/mol. The summed E-state index contributed by atoms with van der Waals surface area (Å²) < 4.78 is 8.20. The molecule has 7 heteroatoms. The van der Waals surface area contributed by atoms with E-state index in [9.17, 15) is 4.79 Å². The molecule has 0 aliphatic rings. The Hall–Kier alpha value is -0.110. The molecule has 0 aliphatic carbocycles. The van der Waals surface area contributed by atoms with Gasteiger partial charge in [-0.15, -0.1) is 0 Å². The van der Waals surface area contributed by atoms with Crippen molar-refractivity contribution in [2.24, 2.45) is 11.3 Å². The van der Waals surface area contributed by atoms with Crippen molar-refractivity contribution in [1.29, 1.82) is 0 Å². The van der Waals surface area contributed by atoms with Gasteiger partial charge in [0.25, 0.3) is 0 Å². The number of hydrogen-bond acceptors (Lipinski definition) is 3. The predicted molar refractivity (Wildman–Crippen MR) is 81.1 cm³/mol. The smallest absolute Gasteiger partial charge is 0.242 e. The highest BCUT2D eigenvalue weighted by Gasteiger charge is 2.28. The molecule has 0 unspecified atom stereocenters. The molecule has 0 fully saturated rings. The lowest BCUT2D eigenvalue weighted by atomic mass is 9.94. The second-order valence-corrected chi connectivity index (χ2v) is 6.97. The zero-order valence-electron chi connectivity index (χ0n) is 9.89. The first-order chi connectivity index (χ1) is 8.27. The van der Waals surface area contributed by atoms with Crippen molar-refractivity contribution in [1.82, 2.24) is 5.43 Å². The number of benzene rings is 1. The topological polar surface area (TPSA) is 64.3 Å². The summed E-state index contributed by atoms with van der Waals surface area (Å²) in [6, 6.07) is 3.74. The SMILES string of the molecule is CC(C)(COc1c(Br)cc(Br)cc1Br)C(=O)NN. The summed E-state index contributed by atoms with van der Waals surface area (Å²) in [7, 11) is 0. The van der Waals surface area contributed by atoms with Gasteiger partial charge in [-0.05, 0) is 57.8 Å². The number of rotatable bonds is 4. The average Bonchev–Trinajstić information content (AvgIpc) is 2.26. The predicted octanol–water partition coefficient (Wildman–Crippen LogP) is 3.37. The standard InChI is InChI=1S/C11H13Br3N2O2/c1-11(2,10(17)16-15)5-18-9-7(13)3-6(12)4-8(9)14/h3-4H,5,15H2,1-2H3,(H,16,17). The first-order valence-corrected chi connectivity index (χ1v) is 7.44. The Labute approximate surface area is 131 Å². The maximum absolute atomic E-state index is 11.5. The van der Waals surface area contributed by atoms with Crippen molar-refractivity contribution >= 4 is 53.7 Å². The first kappa shape index (κ1) is 15.9. The molecule has 0 spiro atoms. The molecule has 0 aliphatic heterocycles. The Bertz CT molecular complexity index is 441. The summed E-state index contributed by atoms with van der Waals surface area (Å²) in [5.74, 6) is 5.50. The third-order valence-corrected chi connectivity index (χ3v) is 3.92. The van der Waals surface area contributed by atoms with Gasteiger partial charge in [0.15, 0.2) is 0 Å². The molecule has 1 rings (SSSR count). The van der Waals surface area contributed by atoms with E-state index >= 15 is 0 Å². The fourth-order valence-corrected chi connectivity index (χ4v) is 3.67. The van der Waals surface area contributed by atoms with Gasteiger partial charge in [0.1, 0.15) is 12.4 Å². The zero-order chi connectivity index (χ0) is 13.9. The van der Waals surface area contributed by atoms with Crippen LogP contribution in [0.4, 0.5) is 0 Å². The van der Waals surface area contributed by atoms with E-state index in [4.69, 9.17) is 10.6 Å². The van der Waals surface area contributed by atoms with Crippen molar-refractivity contribution in [2.45, 2.75) is 13.8 Å². The molecule has 0 heterocycles. The number of carbonyl (C=O) groups excluding carboxylic acids is 1. The number of hydrazine groups is 1. The van der Waals surface area contributed by atoms with Gasteiger partial charge < -0.3 is 4.74 Å². The molecule has 1 amide bonds. The summed E-state index contributed by atoms with van der Waals surface area (Å²) in [6.07, 6.45) is 0. The van der Waals surface area contributed by atoms with Crippen LogP contribution in [0.15, 0.2) is 25.6 Å². The molecule has 0 saturated heterocycles. The molecule has 1 aromatic carbocycles. The summed E-state index contributed by atoms with van der Waals surface area (Å²) in [5, 5.41) is 0. The van der Waals surface area contributed by atoms with Crippen LogP contribution in [-0.2, 0) is 4.79 Å². The van der Waals surface area contributed by atoms with Crippen LogP contribution >= 0.6 is 47.8 Å². The Morgan fingerprint density at radius 1 is 1.33 bits per heavy atom. The minimum Gasteiger partial charge on any atom is -0.490 e. The van der Waals surface area contributed by atoms with Crippen molar-refractivity contribution in [3.8, 4) is 5.75 Å². The molecule has 0 aromatic heterocycles. The maximum Gasteiger partial charge on any atom is 0.242 e. The Balaban J connectivity index is 2.84. The first-order valence-electron chi connectivity index (χ1n) is 5.06. The summed E-state index contributed by atoms with van der Waals surface area (Å²) in [6.45, 7) is 3.74. The minimum absolute atomic E-state index is 0.217. The highest BCUT2D eigenvalue weighted by atomic mass is 79.9. The van der Waals surface area contributed by atoms with Crippen LogP contribution in [0.2, 0.25) is 0 Å². The lowest BCUT2D eigenvalue weighted by Crippen LogP contribution is -2.44. The second-order valence-electron chi connectivity index (χ2n) is 4.34. The highest BCUT2D eigenvalue weighted by molar-refractivity contribution is 9.11. The molecule has 0 radical (unpaired) electrons. The van der Waals surface area contributed by atoms with Crippen LogP contribution in [0.5, 0.6) is 5.75 Å². The van der Waals surface area contributed by atoms with E-state index in [1.165, 1.54) is 0 Å². The molecule has 0 bridgehead atoms. The molecule has 100 valence electrons. The monoisotopic (exact) mass is 442 g/mol. The van der Waals surface area contributed by atoms with E-state index in [2.05, 4.69) is 53.2 Å². The van der Waals surface area contributed by atoms with E-state index in [0.717, 1.165) is 13.4 Å². The fourth-order valence-electron chi connectivity index (χ4n) is 1.18. The van der Waals surface area contributed by atoms with Gasteiger partial charge in [-0.1, -0.05) is 15.9 Å². The van der Waals surface area contributed by atoms with Gasteiger partial charge in [0.05, 0.1) is 14.4 Å². The number of halogens is 3.